The van der Waals surface area contributed by atoms with Crippen molar-refractivity contribution in [2.24, 2.45) is 5.92 Å². The monoisotopic (exact) mass is 339 g/mol. The molecule has 0 amide bonds. The molecule has 4 heteroatoms. The van der Waals surface area contributed by atoms with Crippen LogP contribution < -0.4 is 0 Å². The number of hydrogen-bond acceptors (Lipinski definition) is 4. The van der Waals surface area contributed by atoms with Crippen molar-refractivity contribution in [3.63, 3.8) is 0 Å². The van der Waals surface area contributed by atoms with E-state index in [1.807, 2.05) is 0 Å². The Labute approximate surface area is 150 Å². The van der Waals surface area contributed by atoms with Gasteiger partial charge in [0.1, 0.15) is 0 Å². The van der Waals surface area contributed by atoms with E-state index in [1.165, 1.54) is 19.3 Å². The van der Waals surface area contributed by atoms with E-state index < -0.39 is 0 Å². The average Bonchev–Trinajstić information content (AvgIpc) is 2.48. The molecule has 0 aromatic heterocycles. The van der Waals surface area contributed by atoms with Gasteiger partial charge in [0.2, 0.25) is 0 Å². The Kier molecular flexibility index (Phi) is 6.39. The second kappa shape index (κ2) is 7.61. The summed E-state index contributed by atoms with van der Waals surface area (Å²) in [6, 6.07) is 0.583. The molecule has 2 aliphatic rings. The van der Waals surface area contributed by atoms with Crippen LogP contribution in [0.25, 0.3) is 0 Å². The SMILES string of the molecule is CCC(C)C1CCN(C(C)(C)C(CC)N2CN(C(C)(C)C)C2)CO1. The molecule has 0 saturated carbocycles. The first kappa shape index (κ1) is 20.2. The third kappa shape index (κ3) is 4.14. The summed E-state index contributed by atoms with van der Waals surface area (Å²) in [4.78, 5) is 7.77. The summed E-state index contributed by atoms with van der Waals surface area (Å²) in [5, 5.41) is 0. The predicted octanol–water partition coefficient (Wildman–Crippen LogP) is 3.97. The zero-order valence-electron chi connectivity index (χ0n) is 17.4. The number of ether oxygens (including phenoxy) is 1. The molecule has 2 saturated heterocycles. The molecule has 4 nitrogen and oxygen atoms in total. The van der Waals surface area contributed by atoms with Crippen molar-refractivity contribution < 1.29 is 4.74 Å². The maximum Gasteiger partial charge on any atom is 0.0999 e. The van der Waals surface area contributed by atoms with E-state index in [4.69, 9.17) is 4.74 Å². The lowest BCUT2D eigenvalue weighted by atomic mass is 9.87. The fourth-order valence-electron chi connectivity index (χ4n) is 4.22. The lowest BCUT2D eigenvalue weighted by Crippen LogP contribution is -2.70. The average molecular weight is 340 g/mol. The summed E-state index contributed by atoms with van der Waals surface area (Å²) in [5.41, 5.74) is 0.426. The van der Waals surface area contributed by atoms with Gasteiger partial charge in [-0.2, -0.15) is 0 Å². The van der Waals surface area contributed by atoms with Crippen LogP contribution in [0.5, 0.6) is 0 Å². The summed E-state index contributed by atoms with van der Waals surface area (Å²) in [6.07, 6.45) is 4.02. The minimum absolute atomic E-state index is 0.152. The Morgan fingerprint density at radius 3 is 2.04 bits per heavy atom. The quantitative estimate of drug-likeness (QED) is 0.729. The largest absolute Gasteiger partial charge is 0.363 e. The Balaban J connectivity index is 1.94. The Morgan fingerprint density at radius 2 is 1.62 bits per heavy atom. The third-order valence-corrected chi connectivity index (χ3v) is 6.52. The van der Waals surface area contributed by atoms with Crippen molar-refractivity contribution >= 4 is 0 Å². The van der Waals surface area contributed by atoms with Gasteiger partial charge in [0.05, 0.1) is 26.2 Å². The van der Waals surface area contributed by atoms with Crippen LogP contribution in [0, 0.1) is 5.92 Å². The molecule has 2 fully saturated rings. The maximum absolute atomic E-state index is 6.23. The molecule has 0 aromatic rings. The molecule has 2 rings (SSSR count). The van der Waals surface area contributed by atoms with Gasteiger partial charge in [-0.25, -0.2) is 0 Å². The number of hydrogen-bond donors (Lipinski definition) is 0. The van der Waals surface area contributed by atoms with Gasteiger partial charge >= 0.3 is 0 Å². The first-order valence-corrected chi connectivity index (χ1v) is 9.97. The molecule has 0 aliphatic carbocycles. The van der Waals surface area contributed by atoms with Crippen LogP contribution >= 0.6 is 0 Å². The Morgan fingerprint density at radius 1 is 1.00 bits per heavy atom. The predicted molar refractivity (Wildman–Crippen MR) is 102 cm³/mol. The maximum atomic E-state index is 6.23. The van der Waals surface area contributed by atoms with Gasteiger partial charge in [-0.05, 0) is 53.4 Å². The van der Waals surface area contributed by atoms with Crippen molar-refractivity contribution in [2.45, 2.75) is 97.9 Å². The zero-order valence-corrected chi connectivity index (χ0v) is 17.4. The molecular formula is C20H41N3O. The van der Waals surface area contributed by atoms with E-state index in [-0.39, 0.29) is 11.1 Å². The van der Waals surface area contributed by atoms with Crippen LogP contribution in [0.2, 0.25) is 0 Å². The minimum Gasteiger partial charge on any atom is -0.363 e. The van der Waals surface area contributed by atoms with Crippen molar-refractivity contribution in [1.82, 2.24) is 14.7 Å². The highest BCUT2D eigenvalue weighted by Gasteiger charge is 2.45. The van der Waals surface area contributed by atoms with Crippen molar-refractivity contribution in [1.29, 1.82) is 0 Å². The summed E-state index contributed by atoms with van der Waals surface area (Å²) in [7, 11) is 0. The van der Waals surface area contributed by atoms with E-state index in [0.29, 0.717) is 18.1 Å². The van der Waals surface area contributed by atoms with Gasteiger partial charge in [0.15, 0.2) is 0 Å². The van der Waals surface area contributed by atoms with E-state index in [9.17, 15) is 0 Å². The van der Waals surface area contributed by atoms with Crippen molar-refractivity contribution in [2.75, 3.05) is 26.6 Å². The molecular weight excluding hydrogens is 298 g/mol. The third-order valence-electron chi connectivity index (χ3n) is 6.52. The molecule has 2 aliphatic heterocycles. The highest BCUT2D eigenvalue weighted by Crippen LogP contribution is 2.34. The molecule has 3 unspecified atom stereocenters. The molecule has 0 spiro atoms. The van der Waals surface area contributed by atoms with E-state index >= 15 is 0 Å². The fourth-order valence-corrected chi connectivity index (χ4v) is 4.22. The molecule has 0 radical (unpaired) electrons. The number of rotatable bonds is 6. The highest BCUT2D eigenvalue weighted by atomic mass is 16.5. The van der Waals surface area contributed by atoms with Crippen LogP contribution in [-0.4, -0.2) is 64.5 Å². The normalized spacial score (nSPS) is 27.8. The second-order valence-electron chi connectivity index (χ2n) is 9.43. The number of nitrogens with zero attached hydrogens (tertiary/aromatic N) is 3. The zero-order chi connectivity index (χ0) is 18.1. The molecule has 2 heterocycles. The van der Waals surface area contributed by atoms with Crippen LogP contribution in [0.3, 0.4) is 0 Å². The van der Waals surface area contributed by atoms with E-state index in [1.54, 1.807) is 0 Å². The first-order chi connectivity index (χ1) is 11.1. The van der Waals surface area contributed by atoms with Crippen molar-refractivity contribution in [3.05, 3.63) is 0 Å². The molecule has 142 valence electrons. The molecule has 0 N–H and O–H groups in total. The summed E-state index contributed by atoms with van der Waals surface area (Å²) in [6.45, 7) is 22.8. The van der Waals surface area contributed by atoms with Crippen LogP contribution in [0.1, 0.15) is 74.7 Å². The van der Waals surface area contributed by atoms with E-state index in [2.05, 4.69) is 70.1 Å². The van der Waals surface area contributed by atoms with Gasteiger partial charge in [-0.15, -0.1) is 0 Å². The van der Waals surface area contributed by atoms with Crippen molar-refractivity contribution in [3.8, 4) is 0 Å². The smallest absolute Gasteiger partial charge is 0.0999 e. The van der Waals surface area contributed by atoms with Gasteiger partial charge in [-0.1, -0.05) is 27.2 Å². The lowest BCUT2D eigenvalue weighted by Gasteiger charge is -2.58. The highest BCUT2D eigenvalue weighted by molar-refractivity contribution is 4.98. The Hall–Kier alpha value is -0.160. The summed E-state index contributed by atoms with van der Waals surface area (Å²) >= 11 is 0. The van der Waals surface area contributed by atoms with Gasteiger partial charge in [-0.3, -0.25) is 14.7 Å². The topological polar surface area (TPSA) is 19.0 Å². The summed E-state index contributed by atoms with van der Waals surface area (Å²) < 4.78 is 6.23. The fraction of sp³-hybridized carbons (Fsp3) is 1.00. The van der Waals surface area contributed by atoms with Crippen LogP contribution in [0.15, 0.2) is 0 Å². The van der Waals surface area contributed by atoms with Gasteiger partial charge in [0.25, 0.3) is 0 Å². The lowest BCUT2D eigenvalue weighted by molar-refractivity contribution is -0.170. The summed E-state index contributed by atoms with van der Waals surface area (Å²) in [5.74, 6) is 0.674. The Bertz CT molecular complexity index is 390. The molecule has 3 atom stereocenters. The van der Waals surface area contributed by atoms with Crippen LogP contribution in [0.4, 0.5) is 0 Å². The molecule has 0 aromatic carbocycles. The molecule has 0 bridgehead atoms. The standard InChI is InChI=1S/C20H41N3O/c1-9-16(3)17-11-12-22(15-24-17)20(7,8)18(10-2)21-13-23(14-21)19(4,5)6/h16-18H,9-15H2,1-8H3. The second-order valence-corrected chi connectivity index (χ2v) is 9.43. The minimum atomic E-state index is 0.152. The van der Waals surface area contributed by atoms with E-state index in [0.717, 1.165) is 26.6 Å². The van der Waals surface area contributed by atoms with Crippen LogP contribution in [-0.2, 0) is 4.74 Å². The molecule has 24 heavy (non-hydrogen) atoms. The van der Waals surface area contributed by atoms with Gasteiger partial charge in [0, 0.05) is 23.7 Å². The van der Waals surface area contributed by atoms with Gasteiger partial charge < -0.3 is 4.74 Å². The first-order valence-electron chi connectivity index (χ1n) is 9.97.